The van der Waals surface area contributed by atoms with Gasteiger partial charge in [0, 0.05) is 37.5 Å². The summed E-state index contributed by atoms with van der Waals surface area (Å²) < 4.78 is 18.1. The van der Waals surface area contributed by atoms with Gasteiger partial charge in [0.2, 0.25) is 23.5 Å². The number of carbonyl (C=O) groups excluding carboxylic acids is 2. The van der Waals surface area contributed by atoms with E-state index in [-0.39, 0.29) is 30.1 Å². The van der Waals surface area contributed by atoms with Crippen molar-refractivity contribution in [1.82, 2.24) is 20.4 Å². The summed E-state index contributed by atoms with van der Waals surface area (Å²) >= 11 is 0. The number of aromatic nitrogens is 2. The molecular weight excluding hydrogens is 351 g/mol. The molecule has 1 aliphatic rings. The van der Waals surface area contributed by atoms with Crippen molar-refractivity contribution in [2.75, 3.05) is 13.1 Å². The molecule has 0 unspecified atom stereocenters. The van der Waals surface area contributed by atoms with Crippen LogP contribution >= 0.6 is 0 Å². The van der Waals surface area contributed by atoms with Gasteiger partial charge in [-0.15, -0.1) is 0 Å². The van der Waals surface area contributed by atoms with Gasteiger partial charge in [-0.25, -0.2) is 4.39 Å². The summed E-state index contributed by atoms with van der Waals surface area (Å²) in [5.41, 5.74) is 0.644. The number of carbonyl (C=O) groups is 2. The predicted octanol–water partition coefficient (Wildman–Crippen LogP) is 2.10. The number of benzene rings is 1. The molecule has 1 atom stereocenters. The molecule has 1 saturated heterocycles. The highest BCUT2D eigenvalue weighted by molar-refractivity contribution is 5.87. The van der Waals surface area contributed by atoms with Crippen LogP contribution in [-0.4, -0.2) is 46.0 Å². The maximum Gasteiger partial charge on any atom is 0.246 e. The summed E-state index contributed by atoms with van der Waals surface area (Å²) in [5, 5.41) is 6.80. The van der Waals surface area contributed by atoms with Crippen LogP contribution in [0.5, 0.6) is 0 Å². The van der Waals surface area contributed by atoms with E-state index in [0.29, 0.717) is 36.8 Å². The van der Waals surface area contributed by atoms with Gasteiger partial charge in [-0.1, -0.05) is 11.7 Å². The van der Waals surface area contributed by atoms with Gasteiger partial charge >= 0.3 is 0 Å². The number of nitrogens with zero attached hydrogens (tertiary/aromatic N) is 3. The van der Waals surface area contributed by atoms with Crippen molar-refractivity contribution < 1.29 is 18.5 Å². The zero-order chi connectivity index (χ0) is 19.2. The normalized spacial score (nSPS) is 16.8. The van der Waals surface area contributed by atoms with Crippen LogP contribution in [0.15, 0.2) is 41.4 Å². The Morgan fingerprint density at radius 1 is 1.37 bits per heavy atom. The van der Waals surface area contributed by atoms with Crippen molar-refractivity contribution in [3.63, 3.8) is 0 Å². The lowest BCUT2D eigenvalue weighted by molar-refractivity contribution is -0.129. The summed E-state index contributed by atoms with van der Waals surface area (Å²) in [7, 11) is 0. The van der Waals surface area contributed by atoms with Crippen LogP contribution in [0, 0.1) is 5.82 Å². The standard InChI is InChI=1S/C19H21FN4O3/c1-2-18(26)24-11-3-4-15(12-24)21-16(25)9-10-17-22-19(23-27-17)13-5-7-14(20)8-6-13/h2,5-8,15H,1,3-4,9-12H2,(H,21,25)/t15-/m1/s1. The first-order valence-corrected chi connectivity index (χ1v) is 8.84. The molecule has 0 bridgehead atoms. The molecule has 27 heavy (non-hydrogen) atoms. The van der Waals surface area contributed by atoms with Crippen molar-refractivity contribution >= 4 is 11.8 Å². The van der Waals surface area contributed by atoms with Crippen molar-refractivity contribution in [2.24, 2.45) is 0 Å². The summed E-state index contributed by atoms with van der Waals surface area (Å²) in [6.07, 6.45) is 3.48. The molecule has 0 aliphatic carbocycles. The van der Waals surface area contributed by atoms with E-state index < -0.39 is 0 Å². The monoisotopic (exact) mass is 372 g/mol. The van der Waals surface area contributed by atoms with Gasteiger partial charge in [-0.05, 0) is 43.2 Å². The zero-order valence-corrected chi connectivity index (χ0v) is 14.9. The van der Waals surface area contributed by atoms with E-state index in [1.165, 1.54) is 18.2 Å². The molecule has 0 radical (unpaired) electrons. The summed E-state index contributed by atoms with van der Waals surface area (Å²) in [6, 6.07) is 5.71. The molecule has 2 aromatic rings. The van der Waals surface area contributed by atoms with E-state index >= 15 is 0 Å². The molecule has 2 heterocycles. The number of hydrogen-bond acceptors (Lipinski definition) is 5. The quantitative estimate of drug-likeness (QED) is 0.785. The first kappa shape index (κ1) is 18.8. The van der Waals surface area contributed by atoms with Crippen LogP contribution in [0.3, 0.4) is 0 Å². The van der Waals surface area contributed by atoms with E-state index in [4.69, 9.17) is 4.52 Å². The third kappa shape index (κ3) is 4.99. The Morgan fingerprint density at radius 3 is 2.89 bits per heavy atom. The maximum atomic E-state index is 13.0. The average Bonchev–Trinajstić information content (AvgIpc) is 3.15. The number of amides is 2. The average molecular weight is 372 g/mol. The van der Waals surface area contributed by atoms with Crippen molar-refractivity contribution in [2.45, 2.75) is 31.7 Å². The number of halogens is 1. The number of aryl methyl sites for hydroxylation is 1. The highest BCUT2D eigenvalue weighted by Gasteiger charge is 2.23. The molecule has 1 aliphatic heterocycles. The topological polar surface area (TPSA) is 88.3 Å². The minimum atomic E-state index is -0.338. The van der Waals surface area contributed by atoms with Gasteiger partial charge in [-0.3, -0.25) is 9.59 Å². The minimum absolute atomic E-state index is 0.0624. The van der Waals surface area contributed by atoms with Gasteiger partial charge in [0.05, 0.1) is 0 Å². The molecule has 7 nitrogen and oxygen atoms in total. The van der Waals surface area contributed by atoms with Gasteiger partial charge in [0.1, 0.15) is 5.82 Å². The molecule has 1 N–H and O–H groups in total. The number of piperidine rings is 1. The van der Waals surface area contributed by atoms with Crippen molar-refractivity contribution in [1.29, 1.82) is 0 Å². The van der Waals surface area contributed by atoms with Crippen LogP contribution in [0.1, 0.15) is 25.2 Å². The molecule has 2 amide bonds. The Hall–Kier alpha value is -3.03. The number of rotatable bonds is 6. The maximum absolute atomic E-state index is 13.0. The Bertz CT molecular complexity index is 819. The largest absolute Gasteiger partial charge is 0.352 e. The molecular formula is C19H21FN4O3. The summed E-state index contributed by atoms with van der Waals surface area (Å²) in [6.45, 7) is 4.67. The Balaban J connectivity index is 1.49. The van der Waals surface area contributed by atoms with Gasteiger partial charge in [0.25, 0.3) is 0 Å². The van der Waals surface area contributed by atoms with Crippen LogP contribution in [0.25, 0.3) is 11.4 Å². The van der Waals surface area contributed by atoms with E-state index in [9.17, 15) is 14.0 Å². The molecule has 142 valence electrons. The summed E-state index contributed by atoms with van der Waals surface area (Å²) in [5.74, 6) is 0.116. The second kappa shape index (κ2) is 8.57. The Morgan fingerprint density at radius 2 is 2.15 bits per heavy atom. The first-order chi connectivity index (χ1) is 13.0. The van der Waals surface area contributed by atoms with E-state index in [1.54, 1.807) is 17.0 Å². The number of nitrogens with one attached hydrogen (secondary N) is 1. The fourth-order valence-corrected chi connectivity index (χ4v) is 3.02. The minimum Gasteiger partial charge on any atom is -0.352 e. The third-order valence-electron chi connectivity index (χ3n) is 4.41. The third-order valence-corrected chi connectivity index (χ3v) is 4.41. The SMILES string of the molecule is C=CC(=O)N1CCC[C@@H](NC(=O)CCc2nc(-c3ccc(F)cc3)no2)C1. The van der Waals surface area contributed by atoms with E-state index in [1.807, 2.05) is 0 Å². The molecule has 1 fully saturated rings. The van der Waals surface area contributed by atoms with Crippen LogP contribution in [-0.2, 0) is 16.0 Å². The predicted molar refractivity (Wildman–Crippen MR) is 96.0 cm³/mol. The van der Waals surface area contributed by atoms with Crippen LogP contribution in [0.4, 0.5) is 4.39 Å². The Labute approximate surface area is 156 Å². The molecule has 0 saturated carbocycles. The highest BCUT2D eigenvalue weighted by atomic mass is 19.1. The summed E-state index contributed by atoms with van der Waals surface area (Å²) in [4.78, 5) is 29.8. The lowest BCUT2D eigenvalue weighted by Crippen LogP contribution is -2.49. The van der Waals surface area contributed by atoms with E-state index in [0.717, 1.165) is 12.8 Å². The van der Waals surface area contributed by atoms with Gasteiger partial charge in [0.15, 0.2) is 0 Å². The zero-order valence-electron chi connectivity index (χ0n) is 14.9. The fourth-order valence-electron chi connectivity index (χ4n) is 3.02. The number of likely N-dealkylation sites (tertiary alicyclic amines) is 1. The van der Waals surface area contributed by atoms with Crippen molar-refractivity contribution in [3.05, 3.63) is 48.6 Å². The van der Waals surface area contributed by atoms with Crippen LogP contribution < -0.4 is 5.32 Å². The molecule has 3 rings (SSSR count). The lowest BCUT2D eigenvalue weighted by atomic mass is 10.1. The van der Waals surface area contributed by atoms with Gasteiger partial charge < -0.3 is 14.7 Å². The second-order valence-electron chi connectivity index (χ2n) is 6.41. The number of hydrogen-bond donors (Lipinski definition) is 1. The highest BCUT2D eigenvalue weighted by Crippen LogP contribution is 2.17. The first-order valence-electron chi connectivity index (χ1n) is 8.84. The van der Waals surface area contributed by atoms with Crippen LogP contribution in [0.2, 0.25) is 0 Å². The van der Waals surface area contributed by atoms with Gasteiger partial charge in [-0.2, -0.15) is 4.98 Å². The molecule has 1 aromatic carbocycles. The molecule has 8 heteroatoms. The molecule has 0 spiro atoms. The fraction of sp³-hybridized carbons (Fsp3) is 0.368. The Kier molecular flexibility index (Phi) is 5.95. The lowest BCUT2D eigenvalue weighted by Gasteiger charge is -2.32. The van der Waals surface area contributed by atoms with Crippen molar-refractivity contribution in [3.8, 4) is 11.4 Å². The van der Waals surface area contributed by atoms with E-state index in [2.05, 4.69) is 22.0 Å². The smallest absolute Gasteiger partial charge is 0.246 e. The second-order valence-corrected chi connectivity index (χ2v) is 6.41. The molecule has 1 aromatic heterocycles.